The summed E-state index contributed by atoms with van der Waals surface area (Å²) in [5, 5.41) is 3.23. The van der Waals surface area contributed by atoms with Gasteiger partial charge in [-0.25, -0.2) is 8.42 Å². The van der Waals surface area contributed by atoms with Crippen molar-refractivity contribution in [2.45, 2.75) is 46.1 Å². The third-order valence-electron chi connectivity index (χ3n) is 2.34. The summed E-state index contributed by atoms with van der Waals surface area (Å²) in [6, 6.07) is 0.432. The summed E-state index contributed by atoms with van der Waals surface area (Å²) in [6.07, 6.45) is 3.52. The van der Waals surface area contributed by atoms with Gasteiger partial charge < -0.3 is 5.32 Å². The lowest BCUT2D eigenvalue weighted by Gasteiger charge is -2.12. The summed E-state index contributed by atoms with van der Waals surface area (Å²) in [5.41, 5.74) is 0. The zero-order valence-electron chi connectivity index (χ0n) is 9.54. The minimum atomic E-state index is -2.80. The highest BCUT2D eigenvalue weighted by atomic mass is 32.2. The third-order valence-corrected chi connectivity index (χ3v) is 4.04. The number of rotatable bonds is 8. The quantitative estimate of drug-likeness (QED) is 0.677. The number of nitrogens with one attached hydrogen (secondary N) is 1. The van der Waals surface area contributed by atoms with Gasteiger partial charge in [-0.2, -0.15) is 0 Å². The molecule has 0 spiro atoms. The first kappa shape index (κ1) is 13.9. The SMILES string of the molecule is CCCCC(C)NCCS(=O)(=O)CC. The largest absolute Gasteiger partial charge is 0.313 e. The van der Waals surface area contributed by atoms with Crippen LogP contribution < -0.4 is 5.32 Å². The third kappa shape index (κ3) is 7.33. The molecule has 1 atom stereocenters. The monoisotopic (exact) mass is 221 g/mol. The van der Waals surface area contributed by atoms with Crippen molar-refractivity contribution in [1.29, 1.82) is 0 Å². The molecule has 1 N–H and O–H groups in total. The molecule has 0 aliphatic heterocycles. The molecule has 0 saturated carbocycles. The Morgan fingerprint density at radius 1 is 1.29 bits per heavy atom. The van der Waals surface area contributed by atoms with E-state index in [4.69, 9.17) is 0 Å². The molecular formula is C10H23NO2S. The Morgan fingerprint density at radius 3 is 2.43 bits per heavy atom. The van der Waals surface area contributed by atoms with E-state index in [0.29, 0.717) is 12.6 Å². The Kier molecular flexibility index (Phi) is 7.19. The molecule has 0 heterocycles. The van der Waals surface area contributed by atoms with Crippen molar-refractivity contribution in [3.05, 3.63) is 0 Å². The standard InChI is InChI=1S/C10H23NO2S/c1-4-6-7-10(3)11-8-9-14(12,13)5-2/h10-11H,4-9H2,1-3H3. The fraction of sp³-hybridized carbons (Fsp3) is 1.00. The second-order valence-corrected chi connectivity index (χ2v) is 6.21. The predicted molar refractivity (Wildman–Crippen MR) is 61.3 cm³/mol. The minimum Gasteiger partial charge on any atom is -0.313 e. The van der Waals surface area contributed by atoms with Gasteiger partial charge in [-0.05, 0) is 13.3 Å². The second-order valence-electron chi connectivity index (χ2n) is 3.73. The Bertz CT molecular complexity index is 224. The molecule has 0 bridgehead atoms. The number of unbranched alkanes of at least 4 members (excludes halogenated alkanes) is 1. The fourth-order valence-electron chi connectivity index (χ4n) is 1.22. The maximum absolute atomic E-state index is 11.2. The van der Waals surface area contributed by atoms with E-state index in [1.807, 2.05) is 0 Å². The summed E-state index contributed by atoms with van der Waals surface area (Å²) in [4.78, 5) is 0. The molecule has 0 aliphatic rings. The topological polar surface area (TPSA) is 46.2 Å². The molecule has 4 heteroatoms. The molecule has 14 heavy (non-hydrogen) atoms. The van der Waals surface area contributed by atoms with Crippen LogP contribution in [0.5, 0.6) is 0 Å². The Hall–Kier alpha value is -0.0900. The first-order valence-corrected chi connectivity index (χ1v) is 7.27. The second kappa shape index (κ2) is 7.23. The first-order chi connectivity index (χ1) is 6.52. The number of hydrogen-bond acceptors (Lipinski definition) is 3. The molecule has 0 radical (unpaired) electrons. The van der Waals surface area contributed by atoms with Gasteiger partial charge in [-0.3, -0.25) is 0 Å². The van der Waals surface area contributed by atoms with Crippen LogP contribution in [0.25, 0.3) is 0 Å². The van der Waals surface area contributed by atoms with Gasteiger partial charge in [0.1, 0.15) is 0 Å². The van der Waals surface area contributed by atoms with Gasteiger partial charge in [-0.15, -0.1) is 0 Å². The lowest BCUT2D eigenvalue weighted by atomic mass is 10.1. The molecule has 0 rings (SSSR count). The summed E-state index contributed by atoms with van der Waals surface area (Å²) in [5.74, 6) is 0.512. The molecule has 0 aromatic carbocycles. The van der Waals surface area contributed by atoms with Crippen molar-refractivity contribution < 1.29 is 8.42 Å². The van der Waals surface area contributed by atoms with Crippen molar-refractivity contribution in [3.8, 4) is 0 Å². The Labute approximate surface area is 88.2 Å². The molecule has 0 aromatic rings. The average Bonchev–Trinajstić information content (AvgIpc) is 2.14. The van der Waals surface area contributed by atoms with Crippen LogP contribution in [0.1, 0.15) is 40.0 Å². The van der Waals surface area contributed by atoms with Gasteiger partial charge in [0.15, 0.2) is 9.84 Å². The van der Waals surface area contributed by atoms with Crippen molar-refractivity contribution in [3.63, 3.8) is 0 Å². The maximum atomic E-state index is 11.2. The van der Waals surface area contributed by atoms with Crippen LogP contribution in [-0.4, -0.2) is 32.5 Å². The van der Waals surface area contributed by atoms with Gasteiger partial charge in [-0.1, -0.05) is 26.7 Å². The van der Waals surface area contributed by atoms with Crippen LogP contribution in [0.4, 0.5) is 0 Å². The van der Waals surface area contributed by atoms with E-state index in [-0.39, 0.29) is 11.5 Å². The molecule has 0 amide bonds. The van der Waals surface area contributed by atoms with E-state index in [0.717, 1.165) is 6.42 Å². The molecule has 86 valence electrons. The minimum absolute atomic E-state index is 0.248. The van der Waals surface area contributed by atoms with Crippen molar-refractivity contribution >= 4 is 9.84 Å². The smallest absolute Gasteiger partial charge is 0.151 e. The summed E-state index contributed by atoms with van der Waals surface area (Å²) in [7, 11) is -2.80. The summed E-state index contributed by atoms with van der Waals surface area (Å²) in [6.45, 7) is 6.54. The van der Waals surface area contributed by atoms with E-state index >= 15 is 0 Å². The lowest BCUT2D eigenvalue weighted by Crippen LogP contribution is -2.31. The number of hydrogen-bond donors (Lipinski definition) is 1. The lowest BCUT2D eigenvalue weighted by molar-refractivity contribution is 0.506. The van der Waals surface area contributed by atoms with E-state index in [2.05, 4.69) is 19.2 Å². The molecule has 3 nitrogen and oxygen atoms in total. The van der Waals surface area contributed by atoms with Crippen molar-refractivity contribution in [2.75, 3.05) is 18.1 Å². The Balaban J connectivity index is 3.54. The zero-order valence-corrected chi connectivity index (χ0v) is 10.4. The van der Waals surface area contributed by atoms with Crippen LogP contribution in [0, 0.1) is 0 Å². The molecular weight excluding hydrogens is 198 g/mol. The van der Waals surface area contributed by atoms with Gasteiger partial charge in [0.25, 0.3) is 0 Å². The molecule has 0 fully saturated rings. The van der Waals surface area contributed by atoms with Gasteiger partial charge >= 0.3 is 0 Å². The van der Waals surface area contributed by atoms with E-state index in [1.165, 1.54) is 12.8 Å². The normalized spacial score (nSPS) is 14.2. The van der Waals surface area contributed by atoms with Crippen LogP contribution in [0.3, 0.4) is 0 Å². The molecule has 0 aliphatic carbocycles. The van der Waals surface area contributed by atoms with E-state index < -0.39 is 9.84 Å². The maximum Gasteiger partial charge on any atom is 0.151 e. The Morgan fingerprint density at radius 2 is 1.93 bits per heavy atom. The van der Waals surface area contributed by atoms with Gasteiger partial charge in [0, 0.05) is 18.3 Å². The first-order valence-electron chi connectivity index (χ1n) is 5.45. The highest BCUT2D eigenvalue weighted by Gasteiger charge is 2.07. The molecule has 0 aromatic heterocycles. The van der Waals surface area contributed by atoms with Crippen LogP contribution in [0.15, 0.2) is 0 Å². The van der Waals surface area contributed by atoms with Crippen LogP contribution in [0.2, 0.25) is 0 Å². The summed E-state index contributed by atoms with van der Waals surface area (Å²) < 4.78 is 22.3. The highest BCUT2D eigenvalue weighted by Crippen LogP contribution is 1.99. The van der Waals surface area contributed by atoms with Crippen molar-refractivity contribution in [1.82, 2.24) is 5.32 Å². The van der Waals surface area contributed by atoms with Gasteiger partial charge in [0.2, 0.25) is 0 Å². The molecule has 0 saturated heterocycles. The fourth-order valence-corrected chi connectivity index (χ4v) is 1.94. The van der Waals surface area contributed by atoms with E-state index in [9.17, 15) is 8.42 Å². The average molecular weight is 221 g/mol. The summed E-state index contributed by atoms with van der Waals surface area (Å²) >= 11 is 0. The molecule has 1 unspecified atom stereocenters. The van der Waals surface area contributed by atoms with Crippen LogP contribution >= 0.6 is 0 Å². The van der Waals surface area contributed by atoms with Gasteiger partial charge in [0.05, 0.1) is 5.75 Å². The predicted octanol–water partition coefficient (Wildman–Crippen LogP) is 1.59. The zero-order chi connectivity index (χ0) is 11.0. The van der Waals surface area contributed by atoms with E-state index in [1.54, 1.807) is 6.92 Å². The van der Waals surface area contributed by atoms with Crippen molar-refractivity contribution in [2.24, 2.45) is 0 Å². The van der Waals surface area contributed by atoms with Crippen LogP contribution in [-0.2, 0) is 9.84 Å². The number of sulfone groups is 1. The highest BCUT2D eigenvalue weighted by molar-refractivity contribution is 7.91.